The third-order valence-corrected chi connectivity index (χ3v) is 5.40. The molecule has 1 aliphatic rings. The number of hydrogen-bond acceptors (Lipinski definition) is 9. The maximum atomic E-state index is 5.42. The first-order valence-corrected chi connectivity index (χ1v) is 10.1. The Morgan fingerprint density at radius 3 is 2.64 bits per heavy atom. The van der Waals surface area contributed by atoms with Crippen LogP contribution in [0.3, 0.4) is 0 Å². The van der Waals surface area contributed by atoms with Gasteiger partial charge in [-0.25, -0.2) is 0 Å². The number of nitrogens with zero attached hydrogens (tertiary/aromatic N) is 6. The Hall–Kier alpha value is -2.59. The molecular formula is C18H22N6O3S. The van der Waals surface area contributed by atoms with E-state index >= 15 is 0 Å². The molecule has 0 aliphatic carbocycles. The number of ether oxygens (including phenoxy) is 2. The summed E-state index contributed by atoms with van der Waals surface area (Å²) in [4.78, 5) is 6.69. The van der Waals surface area contributed by atoms with Crippen molar-refractivity contribution in [3.8, 4) is 17.1 Å². The van der Waals surface area contributed by atoms with Crippen LogP contribution in [-0.2, 0) is 17.0 Å². The quantitative estimate of drug-likeness (QED) is 0.553. The predicted molar refractivity (Wildman–Crippen MR) is 105 cm³/mol. The summed E-state index contributed by atoms with van der Waals surface area (Å²) < 4.78 is 18.1. The molecule has 0 amide bonds. The van der Waals surface area contributed by atoms with Crippen LogP contribution in [0.4, 0.5) is 5.95 Å². The summed E-state index contributed by atoms with van der Waals surface area (Å²) in [6, 6.07) is 7.56. The lowest BCUT2D eigenvalue weighted by Gasteiger charge is -2.27. The van der Waals surface area contributed by atoms with E-state index in [0.29, 0.717) is 17.5 Å². The molecule has 28 heavy (non-hydrogen) atoms. The Labute approximate surface area is 167 Å². The molecule has 0 spiro atoms. The van der Waals surface area contributed by atoms with Crippen LogP contribution in [-0.4, -0.2) is 58.3 Å². The van der Waals surface area contributed by atoms with Gasteiger partial charge in [-0.05, 0) is 31.2 Å². The van der Waals surface area contributed by atoms with Gasteiger partial charge in [0.1, 0.15) is 5.75 Å². The van der Waals surface area contributed by atoms with Crippen molar-refractivity contribution in [1.82, 2.24) is 24.9 Å². The first-order chi connectivity index (χ1) is 13.8. The van der Waals surface area contributed by atoms with Gasteiger partial charge in [0, 0.05) is 25.2 Å². The first-order valence-electron chi connectivity index (χ1n) is 9.14. The Morgan fingerprint density at radius 2 is 1.93 bits per heavy atom. The van der Waals surface area contributed by atoms with E-state index in [4.69, 9.17) is 14.0 Å². The zero-order chi connectivity index (χ0) is 19.3. The van der Waals surface area contributed by atoms with E-state index in [2.05, 4.69) is 36.7 Å². The third-order valence-electron chi connectivity index (χ3n) is 4.45. The summed E-state index contributed by atoms with van der Waals surface area (Å²) in [7, 11) is 1.64. The molecule has 1 fully saturated rings. The normalized spacial score (nSPS) is 14.4. The topological polar surface area (TPSA) is 91.3 Å². The molecule has 0 atom stereocenters. The number of benzene rings is 1. The molecule has 10 heteroatoms. The van der Waals surface area contributed by atoms with E-state index in [0.717, 1.165) is 55.3 Å². The van der Waals surface area contributed by atoms with Crippen LogP contribution in [0.2, 0.25) is 0 Å². The minimum Gasteiger partial charge on any atom is -0.497 e. The second-order valence-electron chi connectivity index (χ2n) is 6.16. The van der Waals surface area contributed by atoms with Crippen LogP contribution in [0.1, 0.15) is 12.8 Å². The molecule has 3 heterocycles. The van der Waals surface area contributed by atoms with Crippen LogP contribution >= 0.6 is 11.8 Å². The second kappa shape index (κ2) is 8.61. The van der Waals surface area contributed by atoms with E-state index in [1.165, 1.54) is 11.8 Å². The van der Waals surface area contributed by atoms with E-state index in [1.54, 1.807) is 7.11 Å². The van der Waals surface area contributed by atoms with E-state index in [-0.39, 0.29) is 0 Å². The fourth-order valence-corrected chi connectivity index (χ4v) is 3.79. The zero-order valence-corrected chi connectivity index (χ0v) is 16.7. The largest absolute Gasteiger partial charge is 0.497 e. The van der Waals surface area contributed by atoms with Gasteiger partial charge in [0.25, 0.3) is 0 Å². The van der Waals surface area contributed by atoms with Crippen LogP contribution < -0.4 is 9.64 Å². The summed E-state index contributed by atoms with van der Waals surface area (Å²) in [5.74, 6) is 3.32. The van der Waals surface area contributed by atoms with Gasteiger partial charge in [-0.3, -0.25) is 4.57 Å². The Balaban J connectivity index is 1.43. The Morgan fingerprint density at radius 1 is 1.14 bits per heavy atom. The van der Waals surface area contributed by atoms with Crippen LogP contribution in [0.15, 0.2) is 33.9 Å². The molecule has 0 N–H and O–H groups in total. The number of aromatic nitrogens is 5. The van der Waals surface area contributed by atoms with Crippen molar-refractivity contribution in [1.29, 1.82) is 0 Å². The summed E-state index contributed by atoms with van der Waals surface area (Å²) in [5, 5.41) is 13.6. The van der Waals surface area contributed by atoms with Crippen molar-refractivity contribution in [2.24, 2.45) is 0 Å². The molecule has 1 aromatic carbocycles. The van der Waals surface area contributed by atoms with Gasteiger partial charge < -0.3 is 18.9 Å². The molecule has 0 unspecified atom stereocenters. The maximum Gasteiger partial charge on any atom is 0.237 e. The number of methoxy groups -OCH3 is 1. The van der Waals surface area contributed by atoms with Crippen molar-refractivity contribution in [3.63, 3.8) is 0 Å². The van der Waals surface area contributed by atoms with Crippen molar-refractivity contribution in [2.45, 2.75) is 24.4 Å². The predicted octanol–water partition coefficient (Wildman–Crippen LogP) is 2.49. The minimum atomic E-state index is 0.532. The number of rotatable bonds is 7. The molecule has 0 bridgehead atoms. The molecule has 4 rings (SSSR count). The molecule has 0 radical (unpaired) electrons. The second-order valence-corrected chi connectivity index (χ2v) is 7.10. The Kier molecular flexibility index (Phi) is 5.77. The SMILES string of the molecule is CCn1c(SCc2nc(-c3ccc(OC)cc3)no2)nnc1N1CCOCC1. The van der Waals surface area contributed by atoms with Gasteiger partial charge in [0.05, 0.1) is 26.1 Å². The molecule has 9 nitrogen and oxygen atoms in total. The van der Waals surface area contributed by atoms with Gasteiger partial charge in [-0.2, -0.15) is 4.98 Å². The first kappa shape index (κ1) is 18.8. The molecule has 3 aromatic rings. The average Bonchev–Trinajstić information content (AvgIpc) is 3.39. The van der Waals surface area contributed by atoms with Crippen molar-refractivity contribution < 1.29 is 14.0 Å². The fourth-order valence-electron chi connectivity index (χ4n) is 2.96. The number of morpholine rings is 1. The molecule has 1 saturated heterocycles. The van der Waals surface area contributed by atoms with Gasteiger partial charge >= 0.3 is 0 Å². The molecule has 1 aliphatic heterocycles. The van der Waals surface area contributed by atoms with E-state index in [1.807, 2.05) is 24.3 Å². The van der Waals surface area contributed by atoms with Gasteiger partial charge in [-0.15, -0.1) is 10.2 Å². The van der Waals surface area contributed by atoms with Crippen molar-refractivity contribution in [2.75, 3.05) is 38.3 Å². The number of hydrogen-bond donors (Lipinski definition) is 0. The lowest BCUT2D eigenvalue weighted by Crippen LogP contribution is -2.38. The third kappa shape index (κ3) is 3.97. The average molecular weight is 402 g/mol. The van der Waals surface area contributed by atoms with Crippen molar-refractivity contribution >= 4 is 17.7 Å². The smallest absolute Gasteiger partial charge is 0.237 e. The van der Waals surface area contributed by atoms with Gasteiger partial charge in [0.2, 0.25) is 17.7 Å². The number of thioether (sulfide) groups is 1. The summed E-state index contributed by atoms with van der Waals surface area (Å²) in [6.45, 7) is 5.98. The highest BCUT2D eigenvalue weighted by atomic mass is 32.2. The highest BCUT2D eigenvalue weighted by Crippen LogP contribution is 2.26. The summed E-state index contributed by atoms with van der Waals surface area (Å²) in [5.41, 5.74) is 0.882. The minimum absolute atomic E-state index is 0.532. The van der Waals surface area contributed by atoms with Crippen molar-refractivity contribution in [3.05, 3.63) is 30.2 Å². The zero-order valence-electron chi connectivity index (χ0n) is 15.9. The highest BCUT2D eigenvalue weighted by Gasteiger charge is 2.20. The van der Waals surface area contributed by atoms with E-state index < -0.39 is 0 Å². The van der Waals surface area contributed by atoms with Crippen LogP contribution in [0, 0.1) is 0 Å². The van der Waals surface area contributed by atoms with Gasteiger partial charge in [-0.1, -0.05) is 16.9 Å². The molecular weight excluding hydrogens is 380 g/mol. The molecule has 148 valence electrons. The Bertz CT molecular complexity index is 904. The number of anilines is 1. The lowest BCUT2D eigenvalue weighted by atomic mass is 10.2. The summed E-state index contributed by atoms with van der Waals surface area (Å²) >= 11 is 1.54. The fraction of sp³-hybridized carbons (Fsp3) is 0.444. The standard InChI is InChI=1S/C18H22N6O3S/c1-3-24-17(23-8-10-26-11-9-23)20-21-18(24)28-12-15-19-16(22-27-15)13-4-6-14(25-2)7-5-13/h4-7H,3,8-12H2,1-2H3. The van der Waals surface area contributed by atoms with Gasteiger partial charge in [0.15, 0.2) is 5.16 Å². The lowest BCUT2D eigenvalue weighted by molar-refractivity contribution is 0.121. The monoisotopic (exact) mass is 402 g/mol. The van der Waals surface area contributed by atoms with E-state index in [9.17, 15) is 0 Å². The van der Waals surface area contributed by atoms with Crippen LogP contribution in [0.5, 0.6) is 5.75 Å². The van der Waals surface area contributed by atoms with Crippen LogP contribution in [0.25, 0.3) is 11.4 Å². The summed E-state index contributed by atoms with van der Waals surface area (Å²) in [6.07, 6.45) is 0. The molecule has 2 aromatic heterocycles. The maximum absolute atomic E-state index is 5.42. The highest BCUT2D eigenvalue weighted by molar-refractivity contribution is 7.98. The molecule has 0 saturated carbocycles.